The van der Waals surface area contributed by atoms with Crippen molar-refractivity contribution < 1.29 is 9.90 Å². The van der Waals surface area contributed by atoms with Gasteiger partial charge in [-0.3, -0.25) is 4.79 Å². The van der Waals surface area contributed by atoms with Gasteiger partial charge in [0.15, 0.2) is 0 Å². The number of hydrogen-bond donors (Lipinski definition) is 1. The number of aromatic nitrogens is 3. The van der Waals surface area contributed by atoms with Gasteiger partial charge in [-0.25, -0.2) is 9.78 Å². The number of carboxylic acids is 1. The number of carbonyl (C=O) groups is 1. The van der Waals surface area contributed by atoms with Crippen molar-refractivity contribution in [2.75, 3.05) is 0 Å². The number of pyridine rings is 1. The Hall–Kier alpha value is -3.41. The normalized spacial score (nSPS) is 12.5. The molecule has 0 spiro atoms. The van der Waals surface area contributed by atoms with Crippen molar-refractivity contribution in [3.05, 3.63) is 70.4 Å². The van der Waals surface area contributed by atoms with E-state index in [1.54, 1.807) is 33.7 Å². The van der Waals surface area contributed by atoms with Gasteiger partial charge in [-0.1, -0.05) is 18.2 Å². The first-order valence-corrected chi connectivity index (χ1v) is 8.73. The molecule has 2 heterocycles. The highest BCUT2D eigenvalue weighted by Crippen LogP contribution is 2.34. The van der Waals surface area contributed by atoms with E-state index in [1.807, 2.05) is 25.4 Å². The molecular formula is C21H19N3O3. The number of aryl methyl sites for hydroxylation is 2. The molecule has 0 atom stereocenters. The predicted molar refractivity (Wildman–Crippen MR) is 105 cm³/mol. The molecule has 0 unspecified atom stereocenters. The minimum absolute atomic E-state index is 0.00717. The molecule has 136 valence electrons. The van der Waals surface area contributed by atoms with Gasteiger partial charge in [0.2, 0.25) is 0 Å². The average Bonchev–Trinajstić information content (AvgIpc) is 3.28. The molecule has 2 aromatic heterocycles. The van der Waals surface area contributed by atoms with E-state index >= 15 is 0 Å². The molecule has 0 radical (unpaired) electrons. The van der Waals surface area contributed by atoms with Crippen LogP contribution in [0.5, 0.6) is 0 Å². The largest absolute Gasteiger partial charge is 0.478 e. The summed E-state index contributed by atoms with van der Waals surface area (Å²) in [5.41, 5.74) is 4.79. The van der Waals surface area contributed by atoms with Crippen molar-refractivity contribution >= 4 is 23.1 Å². The highest BCUT2D eigenvalue weighted by molar-refractivity contribution is 6.01. The lowest BCUT2D eigenvalue weighted by molar-refractivity contribution is 0.0697. The summed E-state index contributed by atoms with van der Waals surface area (Å²) in [5, 5.41) is 9.54. The number of benzene rings is 1. The maximum absolute atomic E-state index is 12.8. The first kappa shape index (κ1) is 17.0. The van der Waals surface area contributed by atoms with Crippen LogP contribution in [0, 0.1) is 0 Å². The van der Waals surface area contributed by atoms with Gasteiger partial charge in [0, 0.05) is 36.5 Å². The molecule has 0 amide bonds. The number of nitrogens with zero attached hydrogens (tertiary/aromatic N) is 3. The molecule has 1 aliphatic rings. The third-order valence-corrected chi connectivity index (χ3v) is 4.97. The fourth-order valence-electron chi connectivity index (χ4n) is 3.59. The van der Waals surface area contributed by atoms with Crippen LogP contribution in [0.3, 0.4) is 0 Å². The molecule has 4 rings (SSSR count). The number of hydrogen-bond acceptors (Lipinski definition) is 3. The van der Waals surface area contributed by atoms with Crippen LogP contribution in [0.1, 0.15) is 27.9 Å². The Bertz CT molecular complexity index is 1180. The van der Waals surface area contributed by atoms with Gasteiger partial charge < -0.3 is 14.2 Å². The Balaban J connectivity index is 2.05. The monoisotopic (exact) mass is 361 g/mol. The lowest BCUT2D eigenvalue weighted by Crippen LogP contribution is -2.24. The summed E-state index contributed by atoms with van der Waals surface area (Å²) in [6.07, 6.45) is 10.4. The van der Waals surface area contributed by atoms with Crippen molar-refractivity contribution in [3.63, 3.8) is 0 Å². The Morgan fingerprint density at radius 1 is 1.37 bits per heavy atom. The first-order chi connectivity index (χ1) is 13.0. The number of allylic oxidation sites excluding steroid dienone is 2. The van der Waals surface area contributed by atoms with Gasteiger partial charge in [-0.15, -0.1) is 6.58 Å². The second-order valence-corrected chi connectivity index (χ2v) is 6.67. The fraction of sp³-hybridized carbons (Fsp3) is 0.190. The molecule has 0 aliphatic heterocycles. The van der Waals surface area contributed by atoms with E-state index in [4.69, 9.17) is 0 Å². The molecule has 0 saturated carbocycles. The van der Waals surface area contributed by atoms with Crippen molar-refractivity contribution in [1.29, 1.82) is 0 Å². The summed E-state index contributed by atoms with van der Waals surface area (Å²) in [7, 11) is 1.83. The van der Waals surface area contributed by atoms with Gasteiger partial charge in [0.25, 0.3) is 5.56 Å². The second kappa shape index (κ2) is 6.39. The average molecular weight is 361 g/mol. The Labute approximate surface area is 155 Å². The zero-order chi connectivity index (χ0) is 19.1. The zero-order valence-corrected chi connectivity index (χ0v) is 15.0. The number of fused-ring (bicyclic) bond motifs is 2. The van der Waals surface area contributed by atoms with Gasteiger partial charge in [-0.05, 0) is 30.5 Å². The van der Waals surface area contributed by atoms with Gasteiger partial charge in [0.1, 0.15) is 0 Å². The summed E-state index contributed by atoms with van der Waals surface area (Å²) < 4.78 is 3.49. The predicted octanol–water partition coefficient (Wildman–Crippen LogP) is 3.25. The molecule has 6 nitrogen and oxygen atoms in total. The molecule has 1 aromatic carbocycles. The van der Waals surface area contributed by atoms with E-state index < -0.39 is 5.97 Å². The molecular weight excluding hydrogens is 342 g/mol. The third-order valence-electron chi connectivity index (χ3n) is 4.97. The second-order valence-electron chi connectivity index (χ2n) is 6.67. The van der Waals surface area contributed by atoms with Crippen LogP contribution >= 0.6 is 0 Å². The number of carboxylic acid groups (broad SMARTS) is 1. The van der Waals surface area contributed by atoms with Crippen molar-refractivity contribution in [1.82, 2.24) is 14.1 Å². The third kappa shape index (κ3) is 2.70. The van der Waals surface area contributed by atoms with Gasteiger partial charge in [0.05, 0.1) is 22.9 Å². The zero-order valence-electron chi connectivity index (χ0n) is 15.0. The summed E-state index contributed by atoms with van der Waals surface area (Å²) in [6.45, 7) is 4.26. The van der Waals surface area contributed by atoms with Crippen molar-refractivity contribution in [2.24, 2.45) is 7.05 Å². The van der Waals surface area contributed by atoms with E-state index in [-0.39, 0.29) is 11.1 Å². The Kier molecular flexibility index (Phi) is 4.03. The molecule has 27 heavy (non-hydrogen) atoms. The fourth-order valence-corrected chi connectivity index (χ4v) is 3.59. The Morgan fingerprint density at radius 2 is 2.19 bits per heavy atom. The first-order valence-electron chi connectivity index (χ1n) is 8.73. The minimum atomic E-state index is -0.994. The molecule has 0 bridgehead atoms. The van der Waals surface area contributed by atoms with Crippen molar-refractivity contribution in [2.45, 2.75) is 19.4 Å². The van der Waals surface area contributed by atoms with Crippen LogP contribution in [-0.2, 0) is 20.0 Å². The van der Waals surface area contributed by atoms with Crippen LogP contribution in [0.15, 0.2) is 48.2 Å². The van der Waals surface area contributed by atoms with Crippen LogP contribution < -0.4 is 5.56 Å². The minimum Gasteiger partial charge on any atom is -0.478 e. The van der Waals surface area contributed by atoms with Gasteiger partial charge >= 0.3 is 5.97 Å². The van der Waals surface area contributed by atoms with E-state index in [1.165, 1.54) is 0 Å². The summed E-state index contributed by atoms with van der Waals surface area (Å²) >= 11 is 0. The quantitative estimate of drug-likeness (QED) is 0.708. The topological polar surface area (TPSA) is 77.1 Å². The maximum Gasteiger partial charge on any atom is 0.335 e. The molecule has 0 fully saturated rings. The number of aromatic carboxylic acids is 1. The standard InChI is InChI=1S/C21H19N3O3/c1-3-4-8-24-11-17(14-6-5-7-15(14)20(24)25)16-9-13(21(26)27)10-18-19(16)22-12-23(18)2/h3,5-6,9-12H,1,4,7-8H2,2H3,(H,26,27). The van der Waals surface area contributed by atoms with Crippen LogP contribution in [0.25, 0.3) is 28.2 Å². The van der Waals surface area contributed by atoms with Crippen molar-refractivity contribution in [3.8, 4) is 11.1 Å². The van der Waals surface area contributed by atoms with E-state index in [0.717, 1.165) is 33.3 Å². The maximum atomic E-state index is 12.8. The van der Waals surface area contributed by atoms with Crippen LogP contribution in [0.2, 0.25) is 0 Å². The highest BCUT2D eigenvalue weighted by Gasteiger charge is 2.21. The molecule has 0 saturated heterocycles. The molecule has 1 N–H and O–H groups in total. The highest BCUT2D eigenvalue weighted by atomic mass is 16.4. The van der Waals surface area contributed by atoms with E-state index in [2.05, 4.69) is 11.6 Å². The Morgan fingerprint density at radius 3 is 2.93 bits per heavy atom. The van der Waals surface area contributed by atoms with E-state index in [0.29, 0.717) is 19.4 Å². The number of rotatable bonds is 5. The van der Waals surface area contributed by atoms with Crippen LogP contribution in [-0.4, -0.2) is 25.2 Å². The molecule has 3 aromatic rings. The smallest absolute Gasteiger partial charge is 0.335 e. The molecule has 1 aliphatic carbocycles. The van der Waals surface area contributed by atoms with Crippen LogP contribution in [0.4, 0.5) is 0 Å². The van der Waals surface area contributed by atoms with E-state index in [9.17, 15) is 14.7 Å². The molecule has 6 heteroatoms. The SMILES string of the molecule is C=CCCn1cc(-c2cc(C(=O)O)cc3c2ncn3C)c2c(c1=O)CC=C2. The van der Waals surface area contributed by atoms with Gasteiger partial charge in [-0.2, -0.15) is 0 Å². The lowest BCUT2D eigenvalue weighted by Gasteiger charge is -2.14. The summed E-state index contributed by atoms with van der Waals surface area (Å²) in [6, 6.07) is 3.26. The summed E-state index contributed by atoms with van der Waals surface area (Å²) in [5.74, 6) is -0.994. The lowest BCUT2D eigenvalue weighted by atomic mass is 9.96. The summed E-state index contributed by atoms with van der Waals surface area (Å²) in [4.78, 5) is 28.9. The number of imidazole rings is 1.